The van der Waals surface area contributed by atoms with Gasteiger partial charge in [0.15, 0.2) is 0 Å². The van der Waals surface area contributed by atoms with Crippen LogP contribution in [0.15, 0.2) is 24.3 Å². The van der Waals surface area contributed by atoms with Crippen LogP contribution < -0.4 is 5.32 Å². The third kappa shape index (κ3) is 7.19. The Bertz CT molecular complexity index is 395. The number of amides is 1. The first-order valence-corrected chi connectivity index (χ1v) is 7.19. The SMILES string of the molecule is CCCCN(C)CC(=O)NCCc1cccc(Cl)c1. The maximum Gasteiger partial charge on any atom is 0.234 e. The van der Waals surface area contributed by atoms with Crippen molar-refractivity contribution in [2.24, 2.45) is 0 Å². The third-order valence-corrected chi connectivity index (χ3v) is 3.17. The van der Waals surface area contributed by atoms with Crippen molar-refractivity contribution in [1.29, 1.82) is 0 Å². The molecular weight excluding hydrogens is 260 g/mol. The summed E-state index contributed by atoms with van der Waals surface area (Å²) in [6.07, 6.45) is 3.10. The highest BCUT2D eigenvalue weighted by Crippen LogP contribution is 2.10. The maximum atomic E-state index is 11.7. The van der Waals surface area contributed by atoms with E-state index in [4.69, 9.17) is 11.6 Å². The van der Waals surface area contributed by atoms with Gasteiger partial charge in [-0.1, -0.05) is 37.1 Å². The standard InChI is InChI=1S/C15H23ClN2O/c1-3-4-10-18(2)12-15(19)17-9-8-13-6-5-7-14(16)11-13/h5-7,11H,3-4,8-10,12H2,1-2H3,(H,17,19). The number of benzene rings is 1. The van der Waals surface area contributed by atoms with Gasteiger partial charge in [0.1, 0.15) is 0 Å². The van der Waals surface area contributed by atoms with E-state index in [1.54, 1.807) is 0 Å². The predicted octanol–water partition coefficient (Wildman–Crippen LogP) is 2.73. The van der Waals surface area contributed by atoms with Crippen LogP contribution in [0.4, 0.5) is 0 Å². The second-order valence-electron chi connectivity index (χ2n) is 4.82. The zero-order valence-corrected chi connectivity index (χ0v) is 12.5. The van der Waals surface area contributed by atoms with Crippen LogP contribution in [0.1, 0.15) is 25.3 Å². The second kappa shape index (κ2) is 8.94. The van der Waals surface area contributed by atoms with E-state index in [1.807, 2.05) is 31.3 Å². The summed E-state index contributed by atoms with van der Waals surface area (Å²) in [7, 11) is 1.98. The average Bonchev–Trinajstić information content (AvgIpc) is 2.36. The first kappa shape index (κ1) is 16.0. The van der Waals surface area contributed by atoms with Gasteiger partial charge in [0, 0.05) is 11.6 Å². The van der Waals surface area contributed by atoms with E-state index in [2.05, 4.69) is 17.1 Å². The fourth-order valence-corrected chi connectivity index (χ4v) is 2.06. The Labute approximate surface area is 120 Å². The highest BCUT2D eigenvalue weighted by atomic mass is 35.5. The second-order valence-corrected chi connectivity index (χ2v) is 5.26. The molecule has 0 spiro atoms. The molecule has 0 saturated carbocycles. The van der Waals surface area contributed by atoms with Crippen molar-refractivity contribution >= 4 is 17.5 Å². The van der Waals surface area contributed by atoms with Crippen LogP contribution in [0.25, 0.3) is 0 Å². The van der Waals surface area contributed by atoms with Gasteiger partial charge in [0.2, 0.25) is 5.91 Å². The van der Waals surface area contributed by atoms with Crippen molar-refractivity contribution in [3.05, 3.63) is 34.9 Å². The Hall–Kier alpha value is -1.06. The Morgan fingerprint density at radius 3 is 2.89 bits per heavy atom. The van der Waals surface area contributed by atoms with E-state index in [1.165, 1.54) is 0 Å². The molecule has 0 unspecified atom stereocenters. The highest BCUT2D eigenvalue weighted by molar-refractivity contribution is 6.30. The molecule has 0 aromatic heterocycles. The van der Waals surface area contributed by atoms with Gasteiger partial charge in [0.05, 0.1) is 6.54 Å². The molecule has 0 fully saturated rings. The summed E-state index contributed by atoms with van der Waals surface area (Å²) in [4.78, 5) is 13.7. The molecule has 0 bridgehead atoms. The predicted molar refractivity (Wildman–Crippen MR) is 80.6 cm³/mol. The molecule has 0 aliphatic heterocycles. The lowest BCUT2D eigenvalue weighted by atomic mass is 10.1. The number of rotatable bonds is 8. The number of halogens is 1. The smallest absolute Gasteiger partial charge is 0.234 e. The summed E-state index contributed by atoms with van der Waals surface area (Å²) < 4.78 is 0. The van der Waals surface area contributed by atoms with E-state index >= 15 is 0 Å². The first-order chi connectivity index (χ1) is 9.11. The van der Waals surface area contributed by atoms with Crippen LogP contribution in [-0.4, -0.2) is 37.5 Å². The normalized spacial score (nSPS) is 10.7. The van der Waals surface area contributed by atoms with E-state index in [9.17, 15) is 4.79 Å². The number of hydrogen-bond donors (Lipinski definition) is 1. The fraction of sp³-hybridized carbons (Fsp3) is 0.533. The Kier molecular flexibility index (Phi) is 7.53. The lowest BCUT2D eigenvalue weighted by Crippen LogP contribution is -2.36. The summed E-state index contributed by atoms with van der Waals surface area (Å²) in [5.74, 6) is 0.0839. The van der Waals surface area contributed by atoms with Crippen LogP contribution >= 0.6 is 11.6 Å². The molecular formula is C15H23ClN2O. The van der Waals surface area contributed by atoms with Gasteiger partial charge in [-0.15, -0.1) is 0 Å². The van der Waals surface area contributed by atoms with E-state index in [0.717, 1.165) is 36.4 Å². The summed E-state index contributed by atoms with van der Waals surface area (Å²) in [6.45, 7) is 4.24. The van der Waals surface area contributed by atoms with Crippen molar-refractivity contribution in [3.63, 3.8) is 0 Å². The average molecular weight is 283 g/mol. The van der Waals surface area contributed by atoms with Gasteiger partial charge in [-0.25, -0.2) is 0 Å². The van der Waals surface area contributed by atoms with Crippen LogP contribution in [0.3, 0.4) is 0 Å². The first-order valence-electron chi connectivity index (χ1n) is 6.81. The Morgan fingerprint density at radius 2 is 2.21 bits per heavy atom. The lowest BCUT2D eigenvalue weighted by molar-refractivity contribution is -0.121. The number of carbonyl (C=O) groups is 1. The molecule has 0 aliphatic rings. The van der Waals surface area contributed by atoms with Crippen LogP contribution in [0, 0.1) is 0 Å². The largest absolute Gasteiger partial charge is 0.355 e. The molecule has 4 heteroatoms. The number of likely N-dealkylation sites (N-methyl/N-ethyl adjacent to an activating group) is 1. The molecule has 1 amide bonds. The molecule has 0 radical (unpaired) electrons. The minimum atomic E-state index is 0.0839. The van der Waals surface area contributed by atoms with Gasteiger partial charge in [-0.3, -0.25) is 9.69 Å². The van der Waals surface area contributed by atoms with Gasteiger partial charge in [-0.2, -0.15) is 0 Å². The summed E-state index contributed by atoms with van der Waals surface area (Å²) in [5.41, 5.74) is 1.15. The number of nitrogens with one attached hydrogen (secondary N) is 1. The highest BCUT2D eigenvalue weighted by Gasteiger charge is 2.05. The number of hydrogen-bond acceptors (Lipinski definition) is 2. The van der Waals surface area contributed by atoms with E-state index < -0.39 is 0 Å². The molecule has 1 aromatic carbocycles. The zero-order chi connectivity index (χ0) is 14.1. The van der Waals surface area contributed by atoms with E-state index in [0.29, 0.717) is 13.1 Å². The quantitative estimate of drug-likeness (QED) is 0.795. The minimum absolute atomic E-state index is 0.0839. The van der Waals surface area contributed by atoms with E-state index in [-0.39, 0.29) is 5.91 Å². The topological polar surface area (TPSA) is 32.3 Å². The van der Waals surface area contributed by atoms with Crippen molar-refractivity contribution in [3.8, 4) is 0 Å². The summed E-state index contributed by atoms with van der Waals surface area (Å²) in [5, 5.41) is 3.67. The molecule has 0 saturated heterocycles. The number of carbonyl (C=O) groups excluding carboxylic acids is 1. The van der Waals surface area contributed by atoms with Gasteiger partial charge < -0.3 is 5.32 Å². The molecule has 0 heterocycles. The van der Waals surface area contributed by atoms with Crippen molar-refractivity contribution in [2.45, 2.75) is 26.2 Å². The molecule has 19 heavy (non-hydrogen) atoms. The molecule has 0 atom stereocenters. The van der Waals surface area contributed by atoms with Crippen molar-refractivity contribution in [2.75, 3.05) is 26.7 Å². The third-order valence-electron chi connectivity index (χ3n) is 2.93. The molecule has 1 rings (SSSR count). The molecule has 1 N–H and O–H groups in total. The summed E-state index contributed by atoms with van der Waals surface area (Å²) >= 11 is 5.91. The van der Waals surface area contributed by atoms with Crippen LogP contribution in [0.5, 0.6) is 0 Å². The van der Waals surface area contributed by atoms with Crippen molar-refractivity contribution in [1.82, 2.24) is 10.2 Å². The summed E-state index contributed by atoms with van der Waals surface area (Å²) in [6, 6.07) is 7.73. The molecule has 0 aliphatic carbocycles. The fourth-order valence-electron chi connectivity index (χ4n) is 1.85. The van der Waals surface area contributed by atoms with Gasteiger partial charge in [0.25, 0.3) is 0 Å². The van der Waals surface area contributed by atoms with Crippen LogP contribution in [-0.2, 0) is 11.2 Å². The van der Waals surface area contributed by atoms with Gasteiger partial charge in [-0.05, 0) is 44.1 Å². The lowest BCUT2D eigenvalue weighted by Gasteiger charge is -2.15. The maximum absolute atomic E-state index is 11.7. The molecule has 106 valence electrons. The number of nitrogens with zero attached hydrogens (tertiary/aromatic N) is 1. The van der Waals surface area contributed by atoms with Gasteiger partial charge >= 0.3 is 0 Å². The van der Waals surface area contributed by atoms with Crippen molar-refractivity contribution < 1.29 is 4.79 Å². The Morgan fingerprint density at radius 1 is 1.42 bits per heavy atom. The molecule has 1 aromatic rings. The monoisotopic (exact) mass is 282 g/mol. The molecule has 3 nitrogen and oxygen atoms in total. The van der Waals surface area contributed by atoms with Crippen LogP contribution in [0.2, 0.25) is 5.02 Å². The minimum Gasteiger partial charge on any atom is -0.355 e. The number of unbranched alkanes of at least 4 members (excludes halogenated alkanes) is 1. The Balaban J connectivity index is 2.20. The zero-order valence-electron chi connectivity index (χ0n) is 11.8.